The van der Waals surface area contributed by atoms with Crippen molar-refractivity contribution >= 4 is 32.9 Å². The first-order valence-corrected chi connectivity index (χ1v) is 7.76. The first kappa shape index (κ1) is 14.2. The third-order valence-corrected chi connectivity index (χ3v) is 4.75. The van der Waals surface area contributed by atoms with Gasteiger partial charge in [0.2, 0.25) is 0 Å². The van der Waals surface area contributed by atoms with Gasteiger partial charge in [0.15, 0.2) is 0 Å². The summed E-state index contributed by atoms with van der Waals surface area (Å²) in [5.41, 5.74) is 0.711. The Hall–Kier alpha value is -1.73. The minimum absolute atomic E-state index is 0.0877. The van der Waals surface area contributed by atoms with E-state index in [1.54, 1.807) is 12.1 Å². The monoisotopic (exact) mass is 307 g/mol. The number of nitro groups is 1. The summed E-state index contributed by atoms with van der Waals surface area (Å²) >= 11 is 1.45. The molecule has 0 bridgehead atoms. The summed E-state index contributed by atoms with van der Waals surface area (Å²) in [6.07, 6.45) is 1.62. The predicted octanol–water partition coefficient (Wildman–Crippen LogP) is 2.86. The number of anilines is 1. The number of benzene rings is 1. The molecule has 7 heteroatoms. The molecule has 1 aliphatic rings. The molecular formula is C14H17N3O3S. The van der Waals surface area contributed by atoms with E-state index in [4.69, 9.17) is 0 Å². The van der Waals surface area contributed by atoms with E-state index in [0.29, 0.717) is 18.8 Å². The van der Waals surface area contributed by atoms with Gasteiger partial charge in [-0.15, -0.1) is 11.3 Å². The van der Waals surface area contributed by atoms with Crippen LogP contribution in [-0.2, 0) is 0 Å². The molecule has 6 nitrogen and oxygen atoms in total. The number of hydrogen-bond donors (Lipinski definition) is 1. The van der Waals surface area contributed by atoms with Crippen LogP contribution in [0.2, 0.25) is 0 Å². The van der Waals surface area contributed by atoms with E-state index < -0.39 is 5.60 Å². The summed E-state index contributed by atoms with van der Waals surface area (Å²) < 4.78 is 0.826. The maximum absolute atomic E-state index is 11.3. The van der Waals surface area contributed by atoms with Gasteiger partial charge in [-0.3, -0.25) is 10.1 Å². The number of aryl methyl sites for hydroxylation is 1. The van der Waals surface area contributed by atoms with Gasteiger partial charge in [0.25, 0.3) is 5.69 Å². The fraction of sp³-hybridized carbons (Fsp3) is 0.500. The summed E-state index contributed by atoms with van der Waals surface area (Å²) in [4.78, 5) is 17.2. The van der Waals surface area contributed by atoms with Crippen molar-refractivity contribution in [3.05, 3.63) is 27.3 Å². The van der Waals surface area contributed by atoms with Crippen LogP contribution in [0.5, 0.6) is 0 Å². The highest BCUT2D eigenvalue weighted by Gasteiger charge is 2.42. The zero-order valence-corrected chi connectivity index (χ0v) is 12.8. The first-order chi connectivity index (χ1) is 9.92. The quantitative estimate of drug-likeness (QED) is 0.694. The summed E-state index contributed by atoms with van der Waals surface area (Å²) in [5.74, 6) is 0. The van der Waals surface area contributed by atoms with Crippen LogP contribution in [-0.4, -0.2) is 33.7 Å². The molecule has 1 N–H and O–H groups in total. The molecule has 0 radical (unpaired) electrons. The summed E-state index contributed by atoms with van der Waals surface area (Å²) in [6.45, 7) is 4.79. The van der Waals surface area contributed by atoms with Gasteiger partial charge in [0.05, 0.1) is 25.7 Å². The van der Waals surface area contributed by atoms with Crippen molar-refractivity contribution in [1.82, 2.24) is 4.98 Å². The highest BCUT2D eigenvalue weighted by atomic mass is 32.1. The van der Waals surface area contributed by atoms with Crippen molar-refractivity contribution in [3.8, 4) is 0 Å². The second kappa shape index (κ2) is 4.92. The number of hydrogen-bond acceptors (Lipinski definition) is 6. The van der Waals surface area contributed by atoms with Crippen LogP contribution in [0.1, 0.15) is 24.8 Å². The Labute approximate surface area is 126 Å². The third-order valence-electron chi connectivity index (χ3n) is 3.81. The van der Waals surface area contributed by atoms with E-state index in [-0.39, 0.29) is 10.6 Å². The molecule has 1 saturated heterocycles. The van der Waals surface area contributed by atoms with Gasteiger partial charge in [-0.2, -0.15) is 0 Å². The van der Waals surface area contributed by atoms with Crippen molar-refractivity contribution in [3.63, 3.8) is 0 Å². The highest BCUT2D eigenvalue weighted by Crippen LogP contribution is 2.40. The lowest BCUT2D eigenvalue weighted by Gasteiger charge is -2.47. The Morgan fingerprint density at radius 1 is 1.52 bits per heavy atom. The summed E-state index contributed by atoms with van der Waals surface area (Å²) in [6, 6.07) is 3.36. The number of fused-ring (bicyclic) bond motifs is 1. The van der Waals surface area contributed by atoms with Crippen LogP contribution >= 0.6 is 11.3 Å². The van der Waals surface area contributed by atoms with Crippen LogP contribution < -0.4 is 4.90 Å². The maximum atomic E-state index is 11.3. The number of aromatic nitrogens is 1. The Bertz CT molecular complexity index is 707. The van der Waals surface area contributed by atoms with E-state index in [1.165, 1.54) is 11.3 Å². The molecule has 1 aromatic carbocycles. The molecule has 21 heavy (non-hydrogen) atoms. The zero-order chi connectivity index (χ0) is 15.2. The lowest BCUT2D eigenvalue weighted by atomic mass is 9.88. The normalized spacial score (nSPS) is 17.0. The Morgan fingerprint density at radius 2 is 2.24 bits per heavy atom. The average molecular weight is 307 g/mol. The van der Waals surface area contributed by atoms with Gasteiger partial charge >= 0.3 is 0 Å². The van der Waals surface area contributed by atoms with Crippen molar-refractivity contribution in [2.24, 2.45) is 0 Å². The molecule has 0 spiro atoms. The molecule has 1 aromatic heterocycles. The highest BCUT2D eigenvalue weighted by molar-refractivity contribution is 7.18. The molecule has 0 unspecified atom stereocenters. The number of nitro benzene ring substituents is 1. The fourth-order valence-corrected chi connectivity index (χ4v) is 3.77. The topological polar surface area (TPSA) is 79.5 Å². The van der Waals surface area contributed by atoms with Gasteiger partial charge < -0.3 is 10.0 Å². The molecule has 2 aromatic rings. The van der Waals surface area contributed by atoms with E-state index in [2.05, 4.69) is 4.98 Å². The van der Waals surface area contributed by atoms with Crippen molar-refractivity contribution in [1.29, 1.82) is 0 Å². The number of β-amino-alcohol motifs (C(OH)–C–C–N with tert-alkyl or cyclic N) is 1. The van der Waals surface area contributed by atoms with Gasteiger partial charge in [-0.05, 0) is 19.4 Å². The SMILES string of the molecule is CCCC1(O)CN(c2cc3nc(C)sc3cc2[N+](=O)[O-])C1. The van der Waals surface area contributed by atoms with Gasteiger partial charge in [-0.1, -0.05) is 13.3 Å². The zero-order valence-electron chi connectivity index (χ0n) is 12.0. The lowest BCUT2D eigenvalue weighted by Crippen LogP contribution is -2.62. The number of aliphatic hydroxyl groups is 1. The Balaban J connectivity index is 1.98. The Morgan fingerprint density at radius 3 is 2.86 bits per heavy atom. The molecule has 1 aliphatic heterocycles. The van der Waals surface area contributed by atoms with E-state index >= 15 is 0 Å². The smallest absolute Gasteiger partial charge is 0.294 e. The van der Waals surface area contributed by atoms with E-state index in [1.807, 2.05) is 18.7 Å². The lowest BCUT2D eigenvalue weighted by molar-refractivity contribution is -0.384. The third kappa shape index (κ3) is 2.47. The number of nitrogens with zero attached hydrogens (tertiary/aromatic N) is 3. The van der Waals surface area contributed by atoms with Crippen LogP contribution in [0.25, 0.3) is 10.2 Å². The van der Waals surface area contributed by atoms with Crippen molar-refractivity contribution in [2.75, 3.05) is 18.0 Å². The largest absolute Gasteiger partial charge is 0.386 e. The molecule has 0 saturated carbocycles. The van der Waals surface area contributed by atoms with Crippen LogP contribution in [0.4, 0.5) is 11.4 Å². The van der Waals surface area contributed by atoms with E-state index in [9.17, 15) is 15.2 Å². The van der Waals surface area contributed by atoms with Gasteiger partial charge in [-0.25, -0.2) is 4.98 Å². The number of thiazole rings is 1. The predicted molar refractivity (Wildman–Crippen MR) is 83.1 cm³/mol. The minimum Gasteiger partial charge on any atom is -0.386 e. The molecular weight excluding hydrogens is 290 g/mol. The van der Waals surface area contributed by atoms with Crippen LogP contribution in [0.15, 0.2) is 12.1 Å². The molecule has 1 fully saturated rings. The van der Waals surface area contributed by atoms with Crippen molar-refractivity contribution < 1.29 is 10.0 Å². The summed E-state index contributed by atoms with van der Waals surface area (Å²) in [7, 11) is 0. The van der Waals surface area contributed by atoms with Crippen molar-refractivity contribution in [2.45, 2.75) is 32.3 Å². The maximum Gasteiger partial charge on any atom is 0.294 e. The van der Waals surface area contributed by atoms with Crippen LogP contribution in [0.3, 0.4) is 0 Å². The van der Waals surface area contributed by atoms with Crippen LogP contribution in [0, 0.1) is 17.0 Å². The average Bonchev–Trinajstić information content (AvgIpc) is 2.73. The van der Waals surface area contributed by atoms with Gasteiger partial charge in [0.1, 0.15) is 5.69 Å². The second-order valence-corrected chi connectivity index (χ2v) is 6.86. The van der Waals surface area contributed by atoms with E-state index in [0.717, 1.165) is 28.1 Å². The molecule has 112 valence electrons. The summed E-state index contributed by atoms with van der Waals surface area (Å²) in [5, 5.41) is 22.5. The minimum atomic E-state index is -0.713. The molecule has 0 aliphatic carbocycles. The fourth-order valence-electron chi connectivity index (χ4n) is 2.92. The molecule has 3 rings (SSSR count). The second-order valence-electron chi connectivity index (χ2n) is 5.63. The molecule has 2 heterocycles. The standard InChI is InChI=1S/C14H17N3O3S/c1-3-4-14(18)7-16(8-14)11-5-10-13(21-9(2)15-10)6-12(11)17(19)20/h5-6,18H,3-4,7-8H2,1-2H3. The molecule has 0 atom stereocenters. The molecule has 0 amide bonds. The Kier molecular flexibility index (Phi) is 3.33. The first-order valence-electron chi connectivity index (χ1n) is 6.95. The number of rotatable bonds is 4. The van der Waals surface area contributed by atoms with Gasteiger partial charge in [0, 0.05) is 19.2 Å².